The first-order valence-electron chi connectivity index (χ1n) is 9.17. The summed E-state index contributed by atoms with van der Waals surface area (Å²) in [6.45, 7) is 4.22. The number of rotatable bonds is 5. The Balaban J connectivity index is 1.77. The highest BCUT2D eigenvalue weighted by Gasteiger charge is 2.35. The Bertz CT molecular complexity index is 991. The van der Waals surface area contributed by atoms with E-state index in [4.69, 9.17) is 5.73 Å². The molecule has 152 valence electrons. The first-order chi connectivity index (χ1) is 13.7. The van der Waals surface area contributed by atoms with E-state index in [0.717, 1.165) is 11.6 Å². The summed E-state index contributed by atoms with van der Waals surface area (Å²) < 4.78 is 27.6. The highest BCUT2D eigenvalue weighted by atomic mass is 19.1. The zero-order valence-electron chi connectivity index (χ0n) is 16.0. The number of nitrogens with zero attached hydrogens (tertiary/aromatic N) is 1. The molecule has 3 N–H and O–H groups in total. The summed E-state index contributed by atoms with van der Waals surface area (Å²) in [6.07, 6.45) is -0.0385. The maximum absolute atomic E-state index is 14.0. The number of amides is 3. The van der Waals surface area contributed by atoms with Gasteiger partial charge in [0.05, 0.1) is 17.2 Å². The molecule has 1 aliphatic heterocycles. The van der Waals surface area contributed by atoms with E-state index in [9.17, 15) is 23.2 Å². The van der Waals surface area contributed by atoms with E-state index in [1.807, 2.05) is 32.0 Å². The summed E-state index contributed by atoms with van der Waals surface area (Å²) in [5, 5.41) is 2.33. The Labute approximate surface area is 166 Å². The first-order valence-corrected chi connectivity index (χ1v) is 9.17. The topological polar surface area (TPSA) is 92.5 Å². The highest BCUT2D eigenvalue weighted by Crippen LogP contribution is 2.29. The zero-order chi connectivity index (χ0) is 21.3. The normalized spacial score (nSPS) is 16.4. The van der Waals surface area contributed by atoms with Crippen molar-refractivity contribution < 1.29 is 23.2 Å². The van der Waals surface area contributed by atoms with E-state index in [1.54, 1.807) is 6.07 Å². The lowest BCUT2D eigenvalue weighted by Crippen LogP contribution is -2.28. The molecule has 6 nitrogen and oxygen atoms in total. The van der Waals surface area contributed by atoms with Gasteiger partial charge in [-0.3, -0.25) is 14.4 Å². The van der Waals surface area contributed by atoms with Crippen LogP contribution in [0.4, 0.5) is 20.2 Å². The first kappa shape index (κ1) is 20.4. The summed E-state index contributed by atoms with van der Waals surface area (Å²) in [4.78, 5) is 37.8. The number of halogens is 2. The van der Waals surface area contributed by atoms with Crippen LogP contribution in [0.25, 0.3) is 0 Å². The van der Waals surface area contributed by atoms with Crippen LogP contribution in [0.2, 0.25) is 0 Å². The number of anilines is 2. The van der Waals surface area contributed by atoms with Crippen LogP contribution in [0, 0.1) is 17.6 Å². The lowest BCUT2D eigenvalue weighted by molar-refractivity contribution is -0.122. The van der Waals surface area contributed by atoms with Gasteiger partial charge in [0.15, 0.2) is 0 Å². The Kier molecular flexibility index (Phi) is 5.63. The molecule has 0 aliphatic carbocycles. The number of nitrogens with two attached hydrogens (primary N) is 1. The van der Waals surface area contributed by atoms with E-state index >= 15 is 0 Å². The molecule has 2 aromatic rings. The summed E-state index contributed by atoms with van der Waals surface area (Å²) in [5.41, 5.74) is 5.92. The minimum atomic E-state index is -1.11. The van der Waals surface area contributed by atoms with Crippen LogP contribution in [0.5, 0.6) is 0 Å². The minimum Gasteiger partial charge on any atom is -0.366 e. The van der Waals surface area contributed by atoms with Crippen LogP contribution in [0.3, 0.4) is 0 Å². The molecule has 0 saturated carbocycles. The predicted molar refractivity (Wildman–Crippen MR) is 104 cm³/mol. The Morgan fingerprint density at radius 3 is 2.55 bits per heavy atom. The van der Waals surface area contributed by atoms with Gasteiger partial charge in [-0.05, 0) is 29.7 Å². The maximum Gasteiger partial charge on any atom is 0.251 e. The third kappa shape index (κ3) is 4.26. The number of benzene rings is 2. The van der Waals surface area contributed by atoms with Gasteiger partial charge in [-0.2, -0.15) is 0 Å². The fraction of sp³-hybridized carbons (Fsp3) is 0.286. The van der Waals surface area contributed by atoms with Crippen LogP contribution in [0.15, 0.2) is 36.4 Å². The summed E-state index contributed by atoms with van der Waals surface area (Å²) in [7, 11) is 0. The standard InChI is InChI=1S/C21H21F2N3O3/c1-11(2)12-4-3-5-14(6-12)26-10-13(7-19(26)27)21(29)25-18-8-15(20(24)28)16(22)9-17(18)23/h3-6,8-9,11,13H,7,10H2,1-2H3,(H2,24,28)(H,25,29). The van der Waals surface area contributed by atoms with Crippen LogP contribution in [0.1, 0.15) is 42.1 Å². The quantitative estimate of drug-likeness (QED) is 0.806. The fourth-order valence-corrected chi connectivity index (χ4v) is 3.25. The summed E-state index contributed by atoms with van der Waals surface area (Å²) in [6, 6.07) is 8.85. The molecule has 0 aromatic heterocycles. The van der Waals surface area contributed by atoms with E-state index in [1.165, 1.54) is 4.90 Å². The van der Waals surface area contributed by atoms with Crippen molar-refractivity contribution in [2.24, 2.45) is 11.7 Å². The van der Waals surface area contributed by atoms with Crippen molar-refractivity contribution in [3.8, 4) is 0 Å². The van der Waals surface area contributed by atoms with E-state index in [0.29, 0.717) is 11.8 Å². The van der Waals surface area contributed by atoms with Crippen molar-refractivity contribution in [3.05, 3.63) is 59.2 Å². The number of nitrogens with one attached hydrogen (secondary N) is 1. The van der Waals surface area contributed by atoms with Crippen molar-refractivity contribution in [2.45, 2.75) is 26.2 Å². The highest BCUT2D eigenvalue weighted by molar-refractivity contribution is 6.04. The molecule has 1 saturated heterocycles. The lowest BCUT2D eigenvalue weighted by Gasteiger charge is -2.18. The second-order valence-corrected chi connectivity index (χ2v) is 7.32. The molecule has 0 spiro atoms. The van der Waals surface area contributed by atoms with Gasteiger partial charge in [0.2, 0.25) is 11.8 Å². The molecule has 8 heteroatoms. The number of primary amides is 1. The number of hydrogen-bond donors (Lipinski definition) is 2. The molecule has 3 rings (SSSR count). The molecule has 0 bridgehead atoms. The van der Waals surface area contributed by atoms with E-state index in [-0.39, 0.29) is 30.5 Å². The molecule has 0 radical (unpaired) electrons. The second kappa shape index (κ2) is 7.98. The summed E-state index contributed by atoms with van der Waals surface area (Å²) in [5.74, 6) is -4.47. The van der Waals surface area contributed by atoms with Crippen molar-refractivity contribution in [2.75, 3.05) is 16.8 Å². The molecule has 1 fully saturated rings. The Morgan fingerprint density at radius 2 is 1.90 bits per heavy atom. The van der Waals surface area contributed by atoms with Gasteiger partial charge in [-0.15, -0.1) is 0 Å². The van der Waals surface area contributed by atoms with Crippen LogP contribution in [-0.2, 0) is 9.59 Å². The van der Waals surface area contributed by atoms with Gasteiger partial charge < -0.3 is 16.0 Å². The monoisotopic (exact) mass is 401 g/mol. The molecule has 1 aliphatic rings. The second-order valence-electron chi connectivity index (χ2n) is 7.32. The third-order valence-electron chi connectivity index (χ3n) is 4.92. The third-order valence-corrected chi connectivity index (χ3v) is 4.92. The molecule has 1 unspecified atom stereocenters. The van der Waals surface area contributed by atoms with Gasteiger partial charge in [0, 0.05) is 24.7 Å². The molecule has 1 atom stereocenters. The molecule has 29 heavy (non-hydrogen) atoms. The number of carbonyl (C=O) groups is 3. The Morgan fingerprint density at radius 1 is 1.17 bits per heavy atom. The van der Waals surface area contributed by atoms with Crippen LogP contribution in [-0.4, -0.2) is 24.3 Å². The largest absolute Gasteiger partial charge is 0.366 e. The average Bonchev–Trinajstić information content (AvgIpc) is 3.05. The fourth-order valence-electron chi connectivity index (χ4n) is 3.25. The summed E-state index contributed by atoms with van der Waals surface area (Å²) >= 11 is 0. The minimum absolute atomic E-state index is 0.0385. The average molecular weight is 401 g/mol. The van der Waals surface area contributed by atoms with Crippen molar-refractivity contribution in [3.63, 3.8) is 0 Å². The van der Waals surface area contributed by atoms with Crippen LogP contribution >= 0.6 is 0 Å². The molecular weight excluding hydrogens is 380 g/mol. The van der Waals surface area contributed by atoms with E-state index in [2.05, 4.69) is 5.32 Å². The van der Waals surface area contributed by atoms with Gasteiger partial charge >= 0.3 is 0 Å². The zero-order valence-corrected chi connectivity index (χ0v) is 16.0. The molecule has 1 heterocycles. The van der Waals surface area contributed by atoms with Gasteiger partial charge in [-0.25, -0.2) is 8.78 Å². The molecule has 2 aromatic carbocycles. The van der Waals surface area contributed by atoms with E-state index < -0.39 is 34.9 Å². The predicted octanol–water partition coefficient (Wildman–Crippen LogP) is 3.18. The van der Waals surface area contributed by atoms with Crippen molar-refractivity contribution in [1.82, 2.24) is 0 Å². The molecular formula is C21H21F2N3O3. The maximum atomic E-state index is 14.0. The van der Waals surface area contributed by atoms with Gasteiger partial charge in [0.1, 0.15) is 11.6 Å². The van der Waals surface area contributed by atoms with Gasteiger partial charge in [-0.1, -0.05) is 26.0 Å². The number of carbonyl (C=O) groups excluding carboxylic acids is 3. The SMILES string of the molecule is CC(C)c1cccc(N2CC(C(=O)Nc3cc(C(N)=O)c(F)cc3F)CC2=O)c1. The van der Waals surface area contributed by atoms with Crippen molar-refractivity contribution >= 4 is 29.1 Å². The van der Waals surface area contributed by atoms with Gasteiger partial charge in [0.25, 0.3) is 5.91 Å². The molecule has 3 amide bonds. The Hall–Kier alpha value is -3.29. The number of hydrogen-bond acceptors (Lipinski definition) is 3. The van der Waals surface area contributed by atoms with Crippen LogP contribution < -0.4 is 16.0 Å². The smallest absolute Gasteiger partial charge is 0.251 e. The lowest BCUT2D eigenvalue weighted by atomic mass is 10.0. The van der Waals surface area contributed by atoms with Crippen molar-refractivity contribution in [1.29, 1.82) is 0 Å².